The van der Waals surface area contributed by atoms with Crippen LogP contribution in [0.25, 0.3) is 0 Å². The van der Waals surface area contributed by atoms with Crippen LogP contribution in [0.2, 0.25) is 0 Å². The molecule has 60 valence electrons. The summed E-state index contributed by atoms with van der Waals surface area (Å²) in [5.41, 5.74) is 3.03. The van der Waals surface area contributed by atoms with E-state index in [0.29, 0.717) is 0 Å². The van der Waals surface area contributed by atoms with Crippen LogP contribution in [0.5, 0.6) is 0 Å². The van der Waals surface area contributed by atoms with Gasteiger partial charge in [-0.2, -0.15) is 0 Å². The second kappa shape index (κ2) is 2.69. The molecule has 0 heterocycles. The van der Waals surface area contributed by atoms with Crippen LogP contribution in [0.15, 0.2) is 35.5 Å². The van der Waals surface area contributed by atoms with E-state index in [9.17, 15) is 0 Å². The van der Waals surface area contributed by atoms with Gasteiger partial charge in [-0.05, 0) is 25.0 Å². The first-order valence-electron chi connectivity index (χ1n) is 4.10. The molecule has 0 unspecified atom stereocenters. The van der Waals surface area contributed by atoms with Crippen LogP contribution in [0.3, 0.4) is 0 Å². The average molecular weight is 148 g/mol. The minimum absolute atomic E-state index is 0.263. The third kappa shape index (κ3) is 1.83. The van der Waals surface area contributed by atoms with E-state index in [2.05, 4.69) is 52.0 Å². The fourth-order valence-electron chi connectivity index (χ4n) is 1.56. The van der Waals surface area contributed by atoms with E-state index >= 15 is 0 Å². The largest absolute Gasteiger partial charge is 0.0871 e. The van der Waals surface area contributed by atoms with Gasteiger partial charge in [0.15, 0.2) is 0 Å². The molecule has 0 aromatic heterocycles. The van der Waals surface area contributed by atoms with Gasteiger partial charge in [0.25, 0.3) is 0 Å². The summed E-state index contributed by atoms with van der Waals surface area (Å²) in [7, 11) is 0. The molecule has 1 aliphatic carbocycles. The Kier molecular flexibility index (Phi) is 2.03. The molecule has 0 spiro atoms. The maximum atomic E-state index is 2.31. The molecule has 0 heteroatoms. The first-order chi connectivity index (χ1) is 5.05. The van der Waals surface area contributed by atoms with E-state index in [0.717, 1.165) is 0 Å². The quantitative estimate of drug-likeness (QED) is 0.534. The third-order valence-corrected chi connectivity index (χ3v) is 1.92. The zero-order valence-corrected chi connectivity index (χ0v) is 7.81. The van der Waals surface area contributed by atoms with Crippen LogP contribution in [-0.2, 0) is 0 Å². The standard InChI is InChI=1S/C11H16/c1-5-6-10-8-11(3,4)7-9(10)2/h5-8H,1-4H3/b6-5-. The molecule has 0 amide bonds. The Balaban J connectivity index is 2.94. The number of hydrogen-bond donors (Lipinski definition) is 0. The van der Waals surface area contributed by atoms with Crippen molar-refractivity contribution >= 4 is 0 Å². The van der Waals surface area contributed by atoms with Gasteiger partial charge < -0.3 is 0 Å². The molecule has 0 aromatic rings. The molecule has 0 aliphatic heterocycles. The fourth-order valence-corrected chi connectivity index (χ4v) is 1.56. The molecular formula is C11H16. The van der Waals surface area contributed by atoms with Crippen LogP contribution in [0.4, 0.5) is 0 Å². The summed E-state index contributed by atoms with van der Waals surface area (Å²) in [4.78, 5) is 0. The summed E-state index contributed by atoms with van der Waals surface area (Å²) < 4.78 is 0. The lowest BCUT2D eigenvalue weighted by Gasteiger charge is -2.08. The Labute approximate surface area is 69.3 Å². The number of hydrogen-bond acceptors (Lipinski definition) is 0. The monoisotopic (exact) mass is 148 g/mol. The van der Waals surface area contributed by atoms with Crippen LogP contribution in [0, 0.1) is 5.41 Å². The topological polar surface area (TPSA) is 0 Å². The molecule has 0 nitrogen and oxygen atoms in total. The van der Waals surface area contributed by atoms with E-state index in [1.807, 2.05) is 0 Å². The highest BCUT2D eigenvalue weighted by atomic mass is 14.2. The summed E-state index contributed by atoms with van der Waals surface area (Å²) in [5, 5.41) is 0. The van der Waals surface area contributed by atoms with Gasteiger partial charge in [-0.25, -0.2) is 0 Å². The number of rotatable bonds is 1. The van der Waals surface area contributed by atoms with Crippen LogP contribution in [0.1, 0.15) is 27.7 Å². The number of allylic oxidation sites excluding steroid dienone is 6. The van der Waals surface area contributed by atoms with Crippen molar-refractivity contribution in [2.45, 2.75) is 27.7 Å². The Morgan fingerprint density at radius 3 is 2.27 bits per heavy atom. The van der Waals surface area contributed by atoms with Gasteiger partial charge in [-0.15, -0.1) is 0 Å². The van der Waals surface area contributed by atoms with Crippen molar-refractivity contribution in [2.75, 3.05) is 0 Å². The molecule has 0 saturated heterocycles. The van der Waals surface area contributed by atoms with Crippen molar-refractivity contribution < 1.29 is 0 Å². The maximum Gasteiger partial charge on any atom is 0.00194 e. The predicted molar refractivity (Wildman–Crippen MR) is 50.4 cm³/mol. The molecular weight excluding hydrogens is 132 g/mol. The first kappa shape index (κ1) is 8.32. The van der Waals surface area contributed by atoms with Gasteiger partial charge in [-0.1, -0.05) is 38.2 Å². The minimum atomic E-state index is 0.263. The first-order valence-corrected chi connectivity index (χ1v) is 4.10. The molecule has 0 N–H and O–H groups in total. The summed E-state index contributed by atoms with van der Waals surface area (Å²) >= 11 is 0. The lowest BCUT2D eigenvalue weighted by atomic mass is 9.96. The second-order valence-corrected chi connectivity index (χ2v) is 3.75. The van der Waals surface area contributed by atoms with Gasteiger partial charge in [0.2, 0.25) is 0 Å². The lowest BCUT2D eigenvalue weighted by molar-refractivity contribution is 0.634. The minimum Gasteiger partial charge on any atom is -0.0871 e. The van der Waals surface area contributed by atoms with Crippen molar-refractivity contribution in [2.24, 2.45) is 5.41 Å². The third-order valence-electron chi connectivity index (χ3n) is 1.92. The van der Waals surface area contributed by atoms with Gasteiger partial charge in [0, 0.05) is 5.41 Å². The summed E-state index contributed by atoms with van der Waals surface area (Å²) in [5.74, 6) is 0. The van der Waals surface area contributed by atoms with Crippen LogP contribution >= 0.6 is 0 Å². The Bertz CT molecular complexity index is 237. The van der Waals surface area contributed by atoms with E-state index < -0.39 is 0 Å². The van der Waals surface area contributed by atoms with Gasteiger partial charge in [0.1, 0.15) is 0 Å². The highest BCUT2D eigenvalue weighted by Crippen LogP contribution is 2.33. The lowest BCUT2D eigenvalue weighted by Crippen LogP contribution is -1.97. The van der Waals surface area contributed by atoms with Crippen molar-refractivity contribution in [1.29, 1.82) is 0 Å². The predicted octanol–water partition coefficient (Wildman–Crippen LogP) is 3.48. The Hall–Kier alpha value is -0.780. The fraction of sp³-hybridized carbons (Fsp3) is 0.455. The molecule has 0 bridgehead atoms. The Morgan fingerprint density at radius 1 is 1.27 bits per heavy atom. The zero-order chi connectivity index (χ0) is 8.48. The summed E-state index contributed by atoms with van der Waals surface area (Å²) in [6.07, 6.45) is 8.87. The molecule has 0 fully saturated rings. The molecule has 0 saturated carbocycles. The molecule has 0 aromatic carbocycles. The van der Waals surface area contributed by atoms with Gasteiger partial charge in [0.05, 0.1) is 0 Å². The van der Waals surface area contributed by atoms with E-state index in [-0.39, 0.29) is 5.41 Å². The smallest absolute Gasteiger partial charge is 0.00194 e. The normalized spacial score (nSPS) is 22.2. The summed E-state index contributed by atoms with van der Waals surface area (Å²) in [6.45, 7) is 8.68. The Morgan fingerprint density at radius 2 is 1.91 bits per heavy atom. The van der Waals surface area contributed by atoms with Gasteiger partial charge in [-0.3, -0.25) is 0 Å². The van der Waals surface area contributed by atoms with Crippen molar-refractivity contribution in [3.63, 3.8) is 0 Å². The SMILES string of the molecule is C/C=C\C1=CC(C)(C)C=C1C. The average Bonchev–Trinajstić information content (AvgIpc) is 2.07. The van der Waals surface area contributed by atoms with Crippen molar-refractivity contribution in [1.82, 2.24) is 0 Å². The molecule has 0 atom stereocenters. The zero-order valence-electron chi connectivity index (χ0n) is 7.81. The highest BCUT2D eigenvalue weighted by Gasteiger charge is 2.18. The molecule has 1 aliphatic rings. The van der Waals surface area contributed by atoms with Gasteiger partial charge >= 0.3 is 0 Å². The highest BCUT2D eigenvalue weighted by molar-refractivity contribution is 5.46. The van der Waals surface area contributed by atoms with E-state index in [4.69, 9.17) is 0 Å². The molecule has 1 rings (SSSR count). The van der Waals surface area contributed by atoms with Crippen molar-refractivity contribution in [3.05, 3.63) is 35.5 Å². The van der Waals surface area contributed by atoms with E-state index in [1.54, 1.807) is 0 Å². The maximum absolute atomic E-state index is 2.31. The summed E-state index contributed by atoms with van der Waals surface area (Å²) in [6, 6.07) is 0. The molecule has 0 radical (unpaired) electrons. The van der Waals surface area contributed by atoms with Crippen molar-refractivity contribution in [3.8, 4) is 0 Å². The van der Waals surface area contributed by atoms with Crippen LogP contribution < -0.4 is 0 Å². The second-order valence-electron chi connectivity index (χ2n) is 3.75. The molecule has 11 heavy (non-hydrogen) atoms. The van der Waals surface area contributed by atoms with E-state index in [1.165, 1.54) is 11.1 Å². The van der Waals surface area contributed by atoms with Crippen LogP contribution in [-0.4, -0.2) is 0 Å².